The molecule has 1 aliphatic heterocycles. The minimum atomic E-state index is -0.401. The Kier molecular flexibility index (Phi) is 3.20. The van der Waals surface area contributed by atoms with Crippen molar-refractivity contribution in [2.75, 3.05) is 5.32 Å². The molecule has 114 valence electrons. The number of amides is 1. The summed E-state index contributed by atoms with van der Waals surface area (Å²) in [4.78, 5) is 16.7. The molecule has 1 aliphatic rings. The van der Waals surface area contributed by atoms with Gasteiger partial charge in [-0.15, -0.1) is 0 Å². The molecule has 2 aromatic carbocycles. The number of hydrogen-bond acceptors (Lipinski definition) is 3. The van der Waals surface area contributed by atoms with E-state index in [0.717, 1.165) is 27.7 Å². The molecule has 23 heavy (non-hydrogen) atoms. The number of nitrogens with one attached hydrogen (secondary N) is 2. The minimum absolute atomic E-state index is 0.121. The number of carbonyl (C=O) groups is 1. The van der Waals surface area contributed by atoms with Gasteiger partial charge >= 0.3 is 0 Å². The van der Waals surface area contributed by atoms with Crippen molar-refractivity contribution in [3.05, 3.63) is 70.4 Å². The van der Waals surface area contributed by atoms with Crippen LogP contribution in [-0.4, -0.2) is 10.9 Å². The van der Waals surface area contributed by atoms with Gasteiger partial charge in [-0.1, -0.05) is 35.4 Å². The summed E-state index contributed by atoms with van der Waals surface area (Å²) in [5.41, 5.74) is 4.17. The number of benzene rings is 2. The molecule has 0 spiro atoms. The highest BCUT2D eigenvalue weighted by Gasteiger charge is 2.26. The second-order valence-corrected chi connectivity index (χ2v) is 6.02. The van der Waals surface area contributed by atoms with Gasteiger partial charge in [-0.2, -0.15) is 0 Å². The van der Waals surface area contributed by atoms with Crippen LogP contribution in [0.4, 0.5) is 5.69 Å². The van der Waals surface area contributed by atoms with Gasteiger partial charge in [0.25, 0.3) is 5.91 Å². The van der Waals surface area contributed by atoms with E-state index in [-0.39, 0.29) is 5.91 Å². The Morgan fingerprint density at radius 1 is 1.09 bits per heavy atom. The van der Waals surface area contributed by atoms with E-state index in [1.807, 2.05) is 43.3 Å². The Hall–Kier alpha value is -2.59. The first kappa shape index (κ1) is 14.0. The van der Waals surface area contributed by atoms with Crippen LogP contribution in [0.15, 0.2) is 48.5 Å². The third kappa shape index (κ3) is 2.41. The summed E-state index contributed by atoms with van der Waals surface area (Å²) in [6, 6.07) is 15.4. The summed E-state index contributed by atoms with van der Waals surface area (Å²) >= 11 is 6.35. The van der Waals surface area contributed by atoms with Crippen LogP contribution < -0.4 is 10.6 Å². The largest absolute Gasteiger partial charge is 0.361 e. The van der Waals surface area contributed by atoms with Gasteiger partial charge in [0, 0.05) is 16.6 Å². The molecule has 1 aromatic heterocycles. The Morgan fingerprint density at radius 3 is 2.78 bits per heavy atom. The van der Waals surface area contributed by atoms with Gasteiger partial charge in [0.1, 0.15) is 11.3 Å². The highest BCUT2D eigenvalue weighted by molar-refractivity contribution is 6.30. The fourth-order valence-corrected chi connectivity index (χ4v) is 3.11. The van der Waals surface area contributed by atoms with E-state index < -0.39 is 6.17 Å². The van der Waals surface area contributed by atoms with Gasteiger partial charge in [0.15, 0.2) is 0 Å². The molecule has 0 saturated carbocycles. The van der Waals surface area contributed by atoms with Crippen LogP contribution in [0.3, 0.4) is 0 Å². The van der Waals surface area contributed by atoms with Crippen LogP contribution in [0.5, 0.6) is 0 Å². The average Bonchev–Trinajstić information content (AvgIpc) is 2.54. The number of hydrogen-bond donors (Lipinski definition) is 2. The van der Waals surface area contributed by atoms with Crippen molar-refractivity contribution in [1.29, 1.82) is 0 Å². The third-order valence-electron chi connectivity index (χ3n) is 4.01. The normalized spacial score (nSPS) is 16.6. The molecule has 1 amide bonds. The first-order chi connectivity index (χ1) is 11.1. The Labute approximate surface area is 138 Å². The number of aromatic nitrogens is 1. The number of nitrogens with zero attached hydrogens (tertiary/aromatic N) is 1. The summed E-state index contributed by atoms with van der Waals surface area (Å²) < 4.78 is 0. The number of fused-ring (bicyclic) bond motifs is 2. The van der Waals surface area contributed by atoms with Gasteiger partial charge in [-0.3, -0.25) is 4.79 Å². The Morgan fingerprint density at radius 2 is 1.91 bits per heavy atom. The molecule has 0 fully saturated rings. The van der Waals surface area contributed by atoms with Crippen molar-refractivity contribution >= 4 is 34.1 Å². The lowest BCUT2D eigenvalue weighted by atomic mass is 10.0. The monoisotopic (exact) mass is 323 g/mol. The second-order valence-electron chi connectivity index (χ2n) is 5.66. The highest BCUT2D eigenvalue weighted by Crippen LogP contribution is 2.31. The van der Waals surface area contributed by atoms with Gasteiger partial charge in [0.2, 0.25) is 0 Å². The fraction of sp³-hybridized carbons (Fsp3) is 0.111. The second kappa shape index (κ2) is 5.25. The maximum atomic E-state index is 12.3. The van der Waals surface area contributed by atoms with Crippen molar-refractivity contribution in [2.45, 2.75) is 13.1 Å². The molecule has 0 bridgehead atoms. The van der Waals surface area contributed by atoms with Crippen LogP contribution in [0.25, 0.3) is 10.9 Å². The van der Waals surface area contributed by atoms with Crippen LogP contribution in [-0.2, 0) is 0 Å². The van der Waals surface area contributed by atoms with E-state index in [1.54, 1.807) is 6.07 Å². The molecule has 0 saturated heterocycles. The maximum Gasteiger partial charge on any atom is 0.255 e. The quantitative estimate of drug-likeness (QED) is 0.664. The molecule has 4 nitrogen and oxygen atoms in total. The van der Waals surface area contributed by atoms with Crippen molar-refractivity contribution < 1.29 is 4.79 Å². The molecule has 0 aliphatic carbocycles. The smallest absolute Gasteiger partial charge is 0.255 e. The lowest BCUT2D eigenvalue weighted by molar-refractivity contribution is 0.0935. The summed E-state index contributed by atoms with van der Waals surface area (Å²) in [6.45, 7) is 2.03. The van der Waals surface area contributed by atoms with Gasteiger partial charge in [-0.05, 0) is 37.3 Å². The molecular formula is C18H14ClN3O. The predicted molar refractivity (Wildman–Crippen MR) is 91.8 cm³/mol. The van der Waals surface area contributed by atoms with Crippen LogP contribution in [0.1, 0.15) is 27.7 Å². The van der Waals surface area contributed by atoms with Crippen molar-refractivity contribution in [3.8, 4) is 0 Å². The first-order valence-corrected chi connectivity index (χ1v) is 7.73. The molecule has 1 atom stereocenters. The zero-order valence-corrected chi connectivity index (χ0v) is 13.2. The fourth-order valence-electron chi connectivity index (χ4n) is 2.85. The van der Waals surface area contributed by atoms with E-state index in [4.69, 9.17) is 11.6 Å². The van der Waals surface area contributed by atoms with Crippen LogP contribution in [0, 0.1) is 6.92 Å². The Balaban J connectivity index is 1.80. The molecule has 4 rings (SSSR count). The SMILES string of the molecule is Cc1ccc2nc(Cl)c([C@H]3NC(=O)c4ccccc4N3)cc2c1. The summed E-state index contributed by atoms with van der Waals surface area (Å²) in [7, 11) is 0. The number of rotatable bonds is 1. The number of pyridine rings is 1. The van der Waals surface area contributed by atoms with Crippen LogP contribution >= 0.6 is 11.6 Å². The number of para-hydroxylation sites is 1. The molecular weight excluding hydrogens is 310 g/mol. The molecule has 2 heterocycles. The molecule has 2 N–H and O–H groups in total. The van der Waals surface area contributed by atoms with E-state index in [1.165, 1.54) is 0 Å². The standard InChI is InChI=1S/C18H14ClN3O/c1-10-6-7-14-11(8-10)9-13(16(19)20-14)17-21-15-5-3-2-4-12(15)18(23)22-17/h2-9,17,21H,1H3,(H,22,23)/t17-/m1/s1. The molecule has 0 radical (unpaired) electrons. The van der Waals surface area contributed by atoms with Crippen molar-refractivity contribution in [1.82, 2.24) is 10.3 Å². The first-order valence-electron chi connectivity index (χ1n) is 7.35. The number of halogens is 1. The highest BCUT2D eigenvalue weighted by atomic mass is 35.5. The van der Waals surface area contributed by atoms with Crippen molar-refractivity contribution in [3.63, 3.8) is 0 Å². The lowest BCUT2D eigenvalue weighted by Gasteiger charge is -2.28. The number of aryl methyl sites for hydroxylation is 1. The zero-order valence-electron chi connectivity index (χ0n) is 12.4. The van der Waals surface area contributed by atoms with Gasteiger partial charge in [-0.25, -0.2) is 4.98 Å². The van der Waals surface area contributed by atoms with E-state index >= 15 is 0 Å². The topological polar surface area (TPSA) is 54.0 Å². The Bertz CT molecular complexity index is 939. The average molecular weight is 324 g/mol. The lowest BCUT2D eigenvalue weighted by Crippen LogP contribution is -2.38. The summed E-state index contributed by atoms with van der Waals surface area (Å²) in [5, 5.41) is 7.63. The summed E-state index contributed by atoms with van der Waals surface area (Å²) in [5.74, 6) is -0.121. The number of carbonyl (C=O) groups excluding carboxylic acids is 1. The number of anilines is 1. The summed E-state index contributed by atoms with van der Waals surface area (Å²) in [6.07, 6.45) is -0.401. The van der Waals surface area contributed by atoms with Gasteiger partial charge in [0.05, 0.1) is 11.1 Å². The molecule has 0 unspecified atom stereocenters. The minimum Gasteiger partial charge on any atom is -0.361 e. The molecule has 3 aromatic rings. The van der Waals surface area contributed by atoms with E-state index in [2.05, 4.69) is 21.7 Å². The predicted octanol–water partition coefficient (Wildman–Crippen LogP) is 4.05. The maximum absolute atomic E-state index is 12.3. The van der Waals surface area contributed by atoms with Crippen molar-refractivity contribution in [2.24, 2.45) is 0 Å². The van der Waals surface area contributed by atoms with Gasteiger partial charge < -0.3 is 10.6 Å². The zero-order chi connectivity index (χ0) is 16.0. The van der Waals surface area contributed by atoms with E-state index in [9.17, 15) is 4.79 Å². The van der Waals surface area contributed by atoms with Crippen LogP contribution in [0.2, 0.25) is 5.15 Å². The third-order valence-corrected chi connectivity index (χ3v) is 4.31. The molecule has 5 heteroatoms. The van der Waals surface area contributed by atoms with E-state index in [0.29, 0.717) is 10.7 Å².